The van der Waals surface area contributed by atoms with Crippen molar-refractivity contribution >= 4 is 11.3 Å². The van der Waals surface area contributed by atoms with Gasteiger partial charge in [-0.1, -0.05) is 20.3 Å². The fraction of sp³-hybridized carbons (Fsp3) is 0.727. The number of aromatic nitrogens is 1. The summed E-state index contributed by atoms with van der Waals surface area (Å²) in [4.78, 5) is 4.38. The van der Waals surface area contributed by atoms with E-state index in [-0.39, 0.29) is 12.6 Å². The highest BCUT2D eigenvalue weighted by Crippen LogP contribution is 2.11. The van der Waals surface area contributed by atoms with Crippen molar-refractivity contribution in [1.82, 2.24) is 10.3 Å². The van der Waals surface area contributed by atoms with E-state index < -0.39 is 0 Å². The highest BCUT2D eigenvalue weighted by atomic mass is 32.1. The Bertz CT molecular complexity index is 288. The van der Waals surface area contributed by atoms with Crippen LogP contribution in [0.4, 0.5) is 0 Å². The summed E-state index contributed by atoms with van der Waals surface area (Å²) in [5.41, 5.74) is 1.07. The number of hydrogen-bond donors (Lipinski definition) is 2. The van der Waals surface area contributed by atoms with Gasteiger partial charge in [-0.05, 0) is 12.8 Å². The van der Waals surface area contributed by atoms with E-state index in [0.29, 0.717) is 5.92 Å². The zero-order valence-corrected chi connectivity index (χ0v) is 10.5. The van der Waals surface area contributed by atoms with Crippen LogP contribution in [0.15, 0.2) is 5.38 Å². The third-order valence-corrected chi connectivity index (χ3v) is 3.68. The lowest BCUT2D eigenvalue weighted by Crippen LogP contribution is -2.37. The maximum Gasteiger partial charge on any atom is 0.107 e. The average molecular weight is 228 g/mol. The summed E-state index contributed by atoms with van der Waals surface area (Å²) in [6.07, 6.45) is 1.08. The monoisotopic (exact) mass is 228 g/mol. The van der Waals surface area contributed by atoms with Gasteiger partial charge >= 0.3 is 0 Å². The molecular formula is C11H20N2OS. The second kappa shape index (κ2) is 6.20. The number of aliphatic hydroxyl groups excluding tert-OH is 1. The Labute approximate surface area is 95.6 Å². The van der Waals surface area contributed by atoms with Gasteiger partial charge in [0.05, 0.1) is 6.61 Å². The second-order valence-electron chi connectivity index (χ2n) is 3.94. The first-order chi connectivity index (χ1) is 7.17. The first kappa shape index (κ1) is 12.6. The number of thiazole rings is 1. The number of rotatable bonds is 6. The molecule has 4 heteroatoms. The fourth-order valence-electron chi connectivity index (χ4n) is 1.43. The van der Waals surface area contributed by atoms with E-state index in [2.05, 4.69) is 24.1 Å². The van der Waals surface area contributed by atoms with Crippen LogP contribution in [0.3, 0.4) is 0 Å². The van der Waals surface area contributed by atoms with Crippen molar-refractivity contribution in [3.63, 3.8) is 0 Å². The van der Waals surface area contributed by atoms with Gasteiger partial charge in [0.1, 0.15) is 5.01 Å². The van der Waals surface area contributed by atoms with E-state index in [1.54, 1.807) is 11.3 Å². The van der Waals surface area contributed by atoms with E-state index in [0.717, 1.165) is 23.7 Å². The number of nitrogens with one attached hydrogen (secondary N) is 1. The summed E-state index contributed by atoms with van der Waals surface area (Å²) in [6.45, 7) is 7.25. The lowest BCUT2D eigenvalue weighted by atomic mass is 10.00. The van der Waals surface area contributed by atoms with Crippen LogP contribution in [0.5, 0.6) is 0 Å². The Hall–Kier alpha value is -0.450. The maximum absolute atomic E-state index is 9.23. The second-order valence-corrected chi connectivity index (χ2v) is 4.88. The predicted molar refractivity (Wildman–Crippen MR) is 64.0 cm³/mol. The molecule has 1 rings (SSSR count). The first-order valence-electron chi connectivity index (χ1n) is 5.42. The molecule has 0 aliphatic heterocycles. The van der Waals surface area contributed by atoms with Crippen LogP contribution in [-0.2, 0) is 6.54 Å². The van der Waals surface area contributed by atoms with Gasteiger partial charge in [0.15, 0.2) is 0 Å². The van der Waals surface area contributed by atoms with Gasteiger partial charge in [0.25, 0.3) is 0 Å². The maximum atomic E-state index is 9.23. The Morgan fingerprint density at radius 3 is 2.80 bits per heavy atom. The first-order valence-corrected chi connectivity index (χ1v) is 6.30. The molecule has 0 aliphatic carbocycles. The minimum atomic E-state index is 0.180. The van der Waals surface area contributed by atoms with E-state index in [1.807, 2.05) is 12.3 Å². The zero-order chi connectivity index (χ0) is 11.3. The van der Waals surface area contributed by atoms with E-state index in [1.165, 1.54) is 0 Å². The summed E-state index contributed by atoms with van der Waals surface area (Å²) in [6, 6.07) is 0.180. The number of nitrogens with zero attached hydrogens (tertiary/aromatic N) is 1. The molecule has 15 heavy (non-hydrogen) atoms. The van der Waals surface area contributed by atoms with Crippen LogP contribution in [0.1, 0.15) is 31.0 Å². The molecule has 0 spiro atoms. The molecule has 2 unspecified atom stereocenters. The predicted octanol–water partition coefficient (Wildman–Crippen LogP) is 1.95. The summed E-state index contributed by atoms with van der Waals surface area (Å²) < 4.78 is 0. The van der Waals surface area contributed by atoms with E-state index in [9.17, 15) is 5.11 Å². The van der Waals surface area contributed by atoms with Gasteiger partial charge < -0.3 is 10.4 Å². The van der Waals surface area contributed by atoms with Crippen molar-refractivity contribution in [2.75, 3.05) is 6.61 Å². The molecule has 0 saturated carbocycles. The third-order valence-electron chi connectivity index (χ3n) is 2.71. The highest BCUT2D eigenvalue weighted by Gasteiger charge is 2.14. The normalized spacial score (nSPS) is 15.2. The van der Waals surface area contributed by atoms with Crippen LogP contribution in [0, 0.1) is 12.8 Å². The summed E-state index contributed by atoms with van der Waals surface area (Å²) in [7, 11) is 0. The van der Waals surface area contributed by atoms with Crippen molar-refractivity contribution in [2.45, 2.75) is 39.8 Å². The van der Waals surface area contributed by atoms with Gasteiger partial charge in [-0.25, -0.2) is 4.98 Å². The topological polar surface area (TPSA) is 45.1 Å². The Morgan fingerprint density at radius 2 is 2.33 bits per heavy atom. The zero-order valence-electron chi connectivity index (χ0n) is 9.66. The molecule has 0 bridgehead atoms. The number of aliphatic hydroxyl groups is 1. The molecule has 2 atom stereocenters. The van der Waals surface area contributed by atoms with Crippen LogP contribution in [-0.4, -0.2) is 22.7 Å². The SMILES string of the molecule is CCC(C)C(CO)NCc1nc(C)cs1. The van der Waals surface area contributed by atoms with Crippen LogP contribution in [0.2, 0.25) is 0 Å². The Morgan fingerprint density at radius 1 is 1.60 bits per heavy atom. The number of hydrogen-bond acceptors (Lipinski definition) is 4. The molecule has 3 nitrogen and oxygen atoms in total. The van der Waals surface area contributed by atoms with Crippen molar-refractivity contribution < 1.29 is 5.11 Å². The van der Waals surface area contributed by atoms with E-state index in [4.69, 9.17) is 0 Å². The molecule has 2 N–H and O–H groups in total. The molecule has 0 fully saturated rings. The van der Waals surface area contributed by atoms with Crippen LogP contribution >= 0.6 is 11.3 Å². The van der Waals surface area contributed by atoms with Gasteiger partial charge in [-0.3, -0.25) is 0 Å². The van der Waals surface area contributed by atoms with Gasteiger partial charge in [-0.2, -0.15) is 0 Å². The lowest BCUT2D eigenvalue weighted by Gasteiger charge is -2.21. The Balaban J connectivity index is 2.40. The molecule has 1 aromatic heterocycles. The quantitative estimate of drug-likeness (QED) is 0.782. The fourth-order valence-corrected chi connectivity index (χ4v) is 2.16. The summed E-state index contributed by atoms with van der Waals surface area (Å²) in [5, 5.41) is 15.7. The van der Waals surface area contributed by atoms with Gasteiger partial charge in [-0.15, -0.1) is 11.3 Å². The summed E-state index contributed by atoms with van der Waals surface area (Å²) >= 11 is 1.67. The molecule has 0 aliphatic rings. The van der Waals surface area contributed by atoms with Crippen molar-refractivity contribution in [3.8, 4) is 0 Å². The summed E-state index contributed by atoms with van der Waals surface area (Å²) in [5.74, 6) is 0.496. The van der Waals surface area contributed by atoms with E-state index >= 15 is 0 Å². The molecule has 0 radical (unpaired) electrons. The molecule has 0 amide bonds. The standard InChI is InChI=1S/C11H20N2OS/c1-4-8(2)10(6-14)12-5-11-13-9(3)7-15-11/h7-8,10,12,14H,4-6H2,1-3H3. The molecule has 0 aromatic carbocycles. The molecule has 1 heterocycles. The van der Waals surface area contributed by atoms with Gasteiger partial charge in [0.2, 0.25) is 0 Å². The lowest BCUT2D eigenvalue weighted by molar-refractivity contribution is 0.201. The number of aryl methyl sites for hydroxylation is 1. The van der Waals surface area contributed by atoms with Crippen LogP contribution < -0.4 is 5.32 Å². The largest absolute Gasteiger partial charge is 0.395 e. The molecule has 86 valence electrons. The van der Waals surface area contributed by atoms with Crippen LogP contribution in [0.25, 0.3) is 0 Å². The average Bonchev–Trinajstić information content (AvgIpc) is 2.64. The smallest absolute Gasteiger partial charge is 0.107 e. The highest BCUT2D eigenvalue weighted by molar-refractivity contribution is 7.09. The van der Waals surface area contributed by atoms with Crippen molar-refractivity contribution in [3.05, 3.63) is 16.1 Å². The van der Waals surface area contributed by atoms with Gasteiger partial charge in [0, 0.05) is 23.7 Å². The molecular weight excluding hydrogens is 208 g/mol. The third kappa shape index (κ3) is 3.89. The minimum absolute atomic E-state index is 0.180. The molecule has 0 saturated heterocycles. The Kier molecular flexibility index (Phi) is 5.22. The van der Waals surface area contributed by atoms with Crippen molar-refractivity contribution in [2.24, 2.45) is 5.92 Å². The minimum Gasteiger partial charge on any atom is -0.395 e. The molecule has 1 aromatic rings. The van der Waals surface area contributed by atoms with Crippen molar-refractivity contribution in [1.29, 1.82) is 0 Å².